The van der Waals surface area contributed by atoms with Gasteiger partial charge in [0.2, 0.25) is 0 Å². The minimum absolute atomic E-state index is 0.0743. The summed E-state index contributed by atoms with van der Waals surface area (Å²) in [6.07, 6.45) is 7.28. The maximum absolute atomic E-state index is 2.51. The minimum atomic E-state index is -0.0743. The second-order valence-corrected chi connectivity index (χ2v) is 20.0. The van der Waals surface area contributed by atoms with E-state index < -0.39 is 0 Å². The zero-order valence-electron chi connectivity index (χ0n) is 34.9. The third-order valence-corrected chi connectivity index (χ3v) is 17.0. The Morgan fingerprint density at radius 3 is 1.98 bits per heavy atom. The lowest BCUT2D eigenvalue weighted by Gasteiger charge is -2.66. The minimum Gasteiger partial charge on any atom is -0.310 e. The van der Waals surface area contributed by atoms with Crippen LogP contribution in [0.5, 0.6) is 0 Å². The zero-order valence-corrected chi connectivity index (χ0v) is 34.9. The Hall–Kier alpha value is -6.38. The van der Waals surface area contributed by atoms with Crippen molar-refractivity contribution in [3.8, 4) is 27.9 Å². The standard InChI is InChI=1S/C59H48N2/c1-57(2)53-16-7-5-14-49(53)50-29-27-47(33-54(50)57)60(45-25-21-40(22-26-45)58-34-42-31-41-32-43(35-58)59(41,42)36-58)44-23-18-37(19-24-44)39-11-9-12-46(30-39)61-55-17-8-6-15-51(55)52-28-20-38-10-3-4-13-48(38)56(52)61/h3-30,33,41-43H,31-32,34-36H2,1-2H3/t41?,42-,43-,58?,59?/m0/s1. The van der Waals surface area contributed by atoms with Gasteiger partial charge in [0, 0.05) is 44.3 Å². The number of hydrogen-bond donors (Lipinski definition) is 0. The lowest BCUT2D eigenvalue weighted by Crippen LogP contribution is -2.59. The molecule has 0 aliphatic heterocycles. The van der Waals surface area contributed by atoms with Gasteiger partial charge in [0.1, 0.15) is 0 Å². The molecule has 0 radical (unpaired) electrons. The monoisotopic (exact) mass is 784 g/mol. The summed E-state index contributed by atoms with van der Waals surface area (Å²) in [6, 6.07) is 66.6. The molecule has 2 atom stereocenters. The molecule has 2 bridgehead atoms. The van der Waals surface area contributed by atoms with Crippen LogP contribution in [0.2, 0.25) is 0 Å². The van der Waals surface area contributed by atoms with E-state index in [0.29, 0.717) is 5.41 Å². The molecule has 5 aliphatic rings. The highest BCUT2D eigenvalue weighted by atomic mass is 15.1. The van der Waals surface area contributed by atoms with Crippen molar-refractivity contribution in [2.45, 2.75) is 56.8 Å². The summed E-state index contributed by atoms with van der Waals surface area (Å²) in [7, 11) is 0. The molecular formula is C59H48N2. The molecule has 2 heteroatoms. The Morgan fingerprint density at radius 1 is 0.508 bits per heavy atom. The third kappa shape index (κ3) is 4.48. The highest BCUT2D eigenvalue weighted by Gasteiger charge is 2.77. The predicted octanol–water partition coefficient (Wildman–Crippen LogP) is 15.5. The average molecular weight is 785 g/mol. The summed E-state index contributed by atoms with van der Waals surface area (Å²) in [4.78, 5) is 2.50. The van der Waals surface area contributed by atoms with Gasteiger partial charge in [-0.1, -0.05) is 135 Å². The van der Waals surface area contributed by atoms with Crippen LogP contribution in [0, 0.1) is 23.2 Å². The van der Waals surface area contributed by atoms with Gasteiger partial charge in [-0.25, -0.2) is 0 Å². The lowest BCUT2D eigenvalue weighted by atomic mass is 9.38. The Labute approximate surface area is 358 Å². The van der Waals surface area contributed by atoms with E-state index in [9.17, 15) is 0 Å². The van der Waals surface area contributed by atoms with Crippen LogP contribution in [-0.4, -0.2) is 4.57 Å². The van der Waals surface area contributed by atoms with Crippen LogP contribution < -0.4 is 4.90 Å². The van der Waals surface area contributed by atoms with Crippen LogP contribution in [0.3, 0.4) is 0 Å². The van der Waals surface area contributed by atoms with E-state index in [-0.39, 0.29) is 5.41 Å². The molecule has 5 aliphatic carbocycles. The molecular weight excluding hydrogens is 737 g/mol. The van der Waals surface area contributed by atoms with Crippen LogP contribution in [0.15, 0.2) is 176 Å². The first-order valence-corrected chi connectivity index (χ1v) is 22.7. The Bertz CT molecular complexity index is 3270. The van der Waals surface area contributed by atoms with Crippen molar-refractivity contribution in [2.24, 2.45) is 23.2 Å². The van der Waals surface area contributed by atoms with Gasteiger partial charge in [0.05, 0.1) is 11.0 Å². The Balaban J connectivity index is 0.866. The number of fused-ring (bicyclic) bond motifs is 9. The largest absolute Gasteiger partial charge is 0.310 e. The predicted molar refractivity (Wildman–Crippen MR) is 254 cm³/mol. The van der Waals surface area contributed by atoms with Gasteiger partial charge >= 0.3 is 0 Å². The van der Waals surface area contributed by atoms with Crippen molar-refractivity contribution in [2.75, 3.05) is 4.90 Å². The average Bonchev–Trinajstić information content (AvgIpc) is 3.98. The van der Waals surface area contributed by atoms with E-state index in [2.05, 4.69) is 199 Å². The molecule has 1 spiro atoms. The van der Waals surface area contributed by atoms with E-state index in [0.717, 1.165) is 23.2 Å². The van der Waals surface area contributed by atoms with E-state index in [1.54, 1.807) is 5.56 Å². The summed E-state index contributed by atoms with van der Waals surface area (Å²) >= 11 is 0. The summed E-state index contributed by atoms with van der Waals surface area (Å²) < 4.78 is 2.47. The van der Waals surface area contributed by atoms with Crippen molar-refractivity contribution >= 4 is 49.6 Å². The molecule has 1 heterocycles. The third-order valence-electron chi connectivity index (χ3n) is 17.0. The highest BCUT2D eigenvalue weighted by molar-refractivity contribution is 6.18. The first-order chi connectivity index (χ1) is 29.9. The van der Waals surface area contributed by atoms with Crippen molar-refractivity contribution < 1.29 is 0 Å². The van der Waals surface area contributed by atoms with Gasteiger partial charge in [0.25, 0.3) is 0 Å². The molecule has 0 N–H and O–H groups in total. The van der Waals surface area contributed by atoms with Gasteiger partial charge in [-0.3, -0.25) is 0 Å². The van der Waals surface area contributed by atoms with E-state index in [1.165, 1.54) is 121 Å². The number of para-hydroxylation sites is 1. The fraction of sp³-hybridized carbons (Fsp3) is 0.220. The Morgan fingerprint density at radius 2 is 1.20 bits per heavy atom. The number of benzene rings is 8. The van der Waals surface area contributed by atoms with Crippen molar-refractivity contribution in [1.82, 2.24) is 4.57 Å². The molecule has 14 rings (SSSR count). The SMILES string of the molecule is CC1(C)c2ccccc2-c2ccc(N(c3ccc(-c4cccc(-n5c6ccccc6c6ccc7ccccc7c65)c4)cc3)c3ccc(C45C[C@@H]6CC7C[C@@H](C4)C76C5)cc3)cc21. The molecule has 0 amide bonds. The van der Waals surface area contributed by atoms with Gasteiger partial charge < -0.3 is 9.47 Å². The molecule has 0 saturated heterocycles. The van der Waals surface area contributed by atoms with Gasteiger partial charge in [-0.05, 0) is 160 Å². The van der Waals surface area contributed by atoms with Crippen LogP contribution >= 0.6 is 0 Å². The van der Waals surface area contributed by atoms with Crippen LogP contribution in [-0.2, 0) is 10.8 Å². The van der Waals surface area contributed by atoms with E-state index >= 15 is 0 Å². The summed E-state index contributed by atoms with van der Waals surface area (Å²) in [5.41, 5.74) is 17.8. The number of hydrogen-bond acceptors (Lipinski definition) is 1. The van der Waals surface area contributed by atoms with Crippen LogP contribution in [0.1, 0.15) is 62.6 Å². The van der Waals surface area contributed by atoms with Crippen molar-refractivity contribution in [3.05, 3.63) is 193 Å². The normalized spacial score (nSPS) is 24.7. The summed E-state index contributed by atoms with van der Waals surface area (Å²) in [5.74, 6) is 3.01. The summed E-state index contributed by atoms with van der Waals surface area (Å²) in [6.45, 7) is 4.77. The van der Waals surface area contributed by atoms with Crippen LogP contribution in [0.4, 0.5) is 17.1 Å². The topological polar surface area (TPSA) is 8.17 Å². The maximum Gasteiger partial charge on any atom is 0.0619 e. The smallest absolute Gasteiger partial charge is 0.0619 e. The molecule has 8 aromatic carbocycles. The summed E-state index contributed by atoms with van der Waals surface area (Å²) in [5, 5.41) is 5.10. The second-order valence-electron chi connectivity index (χ2n) is 20.0. The number of aromatic nitrogens is 1. The molecule has 4 fully saturated rings. The highest BCUT2D eigenvalue weighted by Crippen LogP contribution is 2.84. The number of anilines is 3. The van der Waals surface area contributed by atoms with Gasteiger partial charge in [-0.15, -0.1) is 0 Å². The van der Waals surface area contributed by atoms with Gasteiger partial charge in [-0.2, -0.15) is 0 Å². The first kappa shape index (κ1) is 34.3. The van der Waals surface area contributed by atoms with Crippen LogP contribution in [0.25, 0.3) is 60.5 Å². The Kier molecular flexibility index (Phi) is 6.71. The number of nitrogens with zero attached hydrogens (tertiary/aromatic N) is 2. The molecule has 4 saturated carbocycles. The first-order valence-electron chi connectivity index (χ1n) is 22.7. The molecule has 61 heavy (non-hydrogen) atoms. The second kappa shape index (κ2) is 11.9. The molecule has 294 valence electrons. The maximum atomic E-state index is 2.51. The quantitative estimate of drug-likeness (QED) is 0.163. The number of rotatable bonds is 6. The van der Waals surface area contributed by atoms with Gasteiger partial charge in [0.15, 0.2) is 0 Å². The molecule has 0 unspecified atom stereocenters. The van der Waals surface area contributed by atoms with E-state index in [1.807, 2.05) is 0 Å². The molecule has 2 nitrogen and oxygen atoms in total. The lowest BCUT2D eigenvalue weighted by molar-refractivity contribution is -0.175. The fourth-order valence-electron chi connectivity index (χ4n) is 14.3. The van der Waals surface area contributed by atoms with Crippen molar-refractivity contribution in [1.29, 1.82) is 0 Å². The zero-order chi connectivity index (χ0) is 40.2. The molecule has 1 aromatic heterocycles. The van der Waals surface area contributed by atoms with E-state index in [4.69, 9.17) is 0 Å². The molecule has 9 aromatic rings. The van der Waals surface area contributed by atoms with Crippen molar-refractivity contribution in [3.63, 3.8) is 0 Å². The fourth-order valence-corrected chi connectivity index (χ4v) is 14.3.